The van der Waals surface area contributed by atoms with Crippen LogP contribution in [0.4, 0.5) is 0 Å². The Balaban J connectivity index is 1.14. The summed E-state index contributed by atoms with van der Waals surface area (Å²) in [6.07, 6.45) is 13.4. The molecule has 0 atom stereocenters. The number of aryl methyl sites for hydroxylation is 3. The number of unbranched alkanes of at least 4 members (excludes halogenated alkanes) is 4. The van der Waals surface area contributed by atoms with Gasteiger partial charge in [-0.1, -0.05) is 79.4 Å². The molecule has 7 rings (SSSR count). The number of rotatable bonds is 15. The Bertz CT molecular complexity index is 2120. The molecule has 0 radical (unpaired) electrons. The zero-order valence-electron chi connectivity index (χ0n) is 28.6. The minimum Gasteiger partial charge on any atom is -0.424 e. The highest BCUT2D eigenvalue weighted by Gasteiger charge is 2.15. The van der Waals surface area contributed by atoms with Gasteiger partial charge in [-0.05, 0) is 42.8 Å². The van der Waals surface area contributed by atoms with Gasteiger partial charge in [0.2, 0.25) is 0 Å². The first-order valence-corrected chi connectivity index (χ1v) is 16.8. The fraction of sp³-hybridized carbons (Fsp3) is 0.243. The molecule has 14 heteroatoms. The highest BCUT2D eigenvalue weighted by molar-refractivity contribution is 5.62. The molecule has 14 nitrogen and oxygen atoms in total. The van der Waals surface area contributed by atoms with Crippen LogP contribution in [-0.4, -0.2) is 54.5 Å². The van der Waals surface area contributed by atoms with Gasteiger partial charge in [-0.25, -0.2) is 4.98 Å². The van der Waals surface area contributed by atoms with E-state index in [0.717, 1.165) is 41.0 Å². The topological polar surface area (TPSA) is 146 Å². The van der Waals surface area contributed by atoms with Crippen molar-refractivity contribution in [2.24, 2.45) is 14.1 Å². The molecule has 0 amide bonds. The Morgan fingerprint density at radius 3 is 1.61 bits per heavy atom. The number of hydrogen-bond acceptors (Lipinski definition) is 11. The molecule has 4 heterocycles. The van der Waals surface area contributed by atoms with E-state index in [-0.39, 0.29) is 18.0 Å². The predicted molar refractivity (Wildman–Crippen MR) is 189 cm³/mol. The first-order chi connectivity index (χ1) is 25.0. The van der Waals surface area contributed by atoms with E-state index in [4.69, 9.17) is 14.2 Å². The zero-order chi connectivity index (χ0) is 35.0. The summed E-state index contributed by atoms with van der Waals surface area (Å²) in [4.78, 5) is 17.9. The Labute approximate surface area is 294 Å². The van der Waals surface area contributed by atoms with Crippen LogP contribution in [0.1, 0.15) is 39.0 Å². The average Bonchev–Trinajstić information content (AvgIpc) is 3.90. The second-order valence-corrected chi connectivity index (χ2v) is 12.1. The minimum atomic E-state index is -0.0230. The van der Waals surface area contributed by atoms with Crippen LogP contribution in [0.5, 0.6) is 35.3 Å². The molecule has 0 bridgehead atoms. The van der Waals surface area contributed by atoms with Crippen LogP contribution in [0.15, 0.2) is 97.7 Å². The number of ether oxygens (including phenoxy) is 3. The molecule has 0 unspecified atom stereocenters. The van der Waals surface area contributed by atoms with Crippen molar-refractivity contribution >= 4 is 0 Å². The maximum Gasteiger partial charge on any atom is 0.331 e. The van der Waals surface area contributed by atoms with Crippen molar-refractivity contribution in [1.82, 2.24) is 54.5 Å². The highest BCUT2D eigenvalue weighted by Crippen LogP contribution is 2.31. The van der Waals surface area contributed by atoms with E-state index in [2.05, 4.69) is 47.5 Å². The quantitative estimate of drug-likeness (QED) is 0.0981. The van der Waals surface area contributed by atoms with Crippen molar-refractivity contribution in [3.05, 3.63) is 97.7 Å². The molecule has 0 spiro atoms. The summed E-state index contributed by atoms with van der Waals surface area (Å²) in [6, 6.07) is 22.3. The molecule has 0 aliphatic carbocycles. The van der Waals surface area contributed by atoms with Gasteiger partial charge in [-0.15, -0.1) is 25.1 Å². The first-order valence-electron chi connectivity index (χ1n) is 16.8. The van der Waals surface area contributed by atoms with Crippen molar-refractivity contribution in [2.75, 3.05) is 0 Å². The van der Waals surface area contributed by atoms with E-state index in [1.54, 1.807) is 17.1 Å². The smallest absolute Gasteiger partial charge is 0.331 e. The van der Waals surface area contributed by atoms with Gasteiger partial charge >= 0.3 is 18.0 Å². The minimum absolute atomic E-state index is 0.0173. The molecule has 0 saturated carbocycles. The van der Waals surface area contributed by atoms with E-state index in [9.17, 15) is 0 Å². The number of nitrogens with zero attached hydrogens (tertiary/aromatic N) is 11. The van der Waals surface area contributed by atoms with Crippen LogP contribution in [0.25, 0.3) is 33.8 Å². The zero-order valence-corrected chi connectivity index (χ0v) is 28.6. The summed E-state index contributed by atoms with van der Waals surface area (Å²) in [7, 11) is 3.73. The third kappa shape index (κ3) is 8.60. The van der Waals surface area contributed by atoms with E-state index in [1.807, 2.05) is 109 Å². The van der Waals surface area contributed by atoms with E-state index in [1.165, 1.54) is 25.7 Å². The number of benzene rings is 3. The monoisotopic (exact) mass is 683 g/mol. The Morgan fingerprint density at radius 1 is 0.569 bits per heavy atom. The number of imidazole rings is 1. The van der Waals surface area contributed by atoms with Crippen molar-refractivity contribution < 1.29 is 14.2 Å². The maximum absolute atomic E-state index is 6.19. The van der Waals surface area contributed by atoms with Gasteiger partial charge in [0.1, 0.15) is 28.6 Å². The predicted octanol–water partition coefficient (Wildman–Crippen LogP) is 7.67. The molecule has 4 aromatic heterocycles. The van der Waals surface area contributed by atoms with Crippen molar-refractivity contribution in [3.63, 3.8) is 0 Å². The van der Waals surface area contributed by atoms with Crippen molar-refractivity contribution in [2.45, 2.75) is 45.6 Å². The molecule has 0 N–H and O–H groups in total. The number of hydrogen-bond donors (Lipinski definition) is 0. The molecular formula is C37H37N11O3. The van der Waals surface area contributed by atoms with Crippen LogP contribution in [0, 0.1) is 0 Å². The Kier molecular flexibility index (Phi) is 9.99. The van der Waals surface area contributed by atoms with Crippen LogP contribution in [0.3, 0.4) is 0 Å². The summed E-state index contributed by atoms with van der Waals surface area (Å²) in [5.74, 6) is 1.47. The molecule has 0 aliphatic heterocycles. The van der Waals surface area contributed by atoms with Gasteiger partial charge < -0.3 is 18.8 Å². The van der Waals surface area contributed by atoms with Crippen LogP contribution < -0.4 is 14.2 Å². The molecule has 3 aromatic carbocycles. The van der Waals surface area contributed by atoms with Gasteiger partial charge in [-0.3, -0.25) is 9.36 Å². The van der Waals surface area contributed by atoms with Gasteiger partial charge in [0.05, 0.1) is 24.4 Å². The summed E-state index contributed by atoms with van der Waals surface area (Å²) in [5.41, 5.74) is 4.79. The second-order valence-electron chi connectivity index (χ2n) is 12.1. The van der Waals surface area contributed by atoms with Crippen LogP contribution in [-0.2, 0) is 20.6 Å². The fourth-order valence-electron chi connectivity index (χ4n) is 5.39. The number of aromatic nitrogens is 11. The molecule has 258 valence electrons. The normalized spacial score (nSPS) is 11.1. The van der Waals surface area contributed by atoms with Gasteiger partial charge in [0.25, 0.3) is 0 Å². The molecule has 51 heavy (non-hydrogen) atoms. The van der Waals surface area contributed by atoms with E-state index < -0.39 is 0 Å². The van der Waals surface area contributed by atoms with Gasteiger partial charge in [0.15, 0.2) is 0 Å². The summed E-state index contributed by atoms with van der Waals surface area (Å²) in [6.45, 7) is 3.05. The molecule has 0 saturated heterocycles. The fourth-order valence-corrected chi connectivity index (χ4v) is 5.39. The third-order valence-corrected chi connectivity index (χ3v) is 7.93. The van der Waals surface area contributed by atoms with Gasteiger partial charge in [0, 0.05) is 43.5 Å². The van der Waals surface area contributed by atoms with Crippen LogP contribution in [0.2, 0.25) is 0 Å². The lowest BCUT2D eigenvalue weighted by Gasteiger charge is -2.11. The average molecular weight is 684 g/mol. The first kappa shape index (κ1) is 33.1. The maximum atomic E-state index is 6.19. The van der Waals surface area contributed by atoms with Gasteiger partial charge in [-0.2, -0.15) is 0 Å². The lowest BCUT2D eigenvalue weighted by atomic mass is 10.1. The van der Waals surface area contributed by atoms with Crippen molar-refractivity contribution in [1.29, 1.82) is 0 Å². The standard InChI is InChI=1S/C37H37N11O3/c1-4-5-6-7-8-18-48-24-34(43-45-48)28-14-11-17-31(21-28)51-37-40-35(49-29-15-9-12-26(19-29)32-22-46(2)25-38-32)39-36(41-37)50-30-16-10-13-27(20-30)33-23-47(3)44-42-33/h9-17,19-25H,4-8,18H2,1-3H3. The molecule has 0 aliphatic rings. The Hall–Kier alpha value is -6.44. The van der Waals surface area contributed by atoms with E-state index in [0.29, 0.717) is 22.9 Å². The largest absolute Gasteiger partial charge is 0.424 e. The third-order valence-electron chi connectivity index (χ3n) is 7.93. The SMILES string of the molecule is CCCCCCCn1cc(-c2cccc(Oc3nc(Oc4cccc(-c5cn(C)cn5)c4)nc(Oc4cccc(-c5cn(C)nn5)c4)n3)c2)nn1. The second kappa shape index (κ2) is 15.4. The Morgan fingerprint density at radius 2 is 1.10 bits per heavy atom. The lowest BCUT2D eigenvalue weighted by Crippen LogP contribution is -2.01. The summed E-state index contributed by atoms with van der Waals surface area (Å²) >= 11 is 0. The highest BCUT2D eigenvalue weighted by atomic mass is 16.5. The van der Waals surface area contributed by atoms with Crippen molar-refractivity contribution in [3.8, 4) is 69.1 Å². The van der Waals surface area contributed by atoms with Crippen LogP contribution >= 0.6 is 0 Å². The molecular weight excluding hydrogens is 646 g/mol. The summed E-state index contributed by atoms with van der Waals surface area (Å²) < 4.78 is 23.9. The lowest BCUT2D eigenvalue weighted by molar-refractivity contribution is 0.362. The van der Waals surface area contributed by atoms with E-state index >= 15 is 0 Å². The molecule has 0 fully saturated rings. The summed E-state index contributed by atoms with van der Waals surface area (Å²) in [5, 5.41) is 16.9. The molecule has 7 aromatic rings.